The van der Waals surface area contributed by atoms with Crippen molar-refractivity contribution in [2.75, 3.05) is 11.5 Å². The summed E-state index contributed by atoms with van der Waals surface area (Å²) in [5.74, 6) is 2.52. The Morgan fingerprint density at radius 3 is 2.14 bits per heavy atom. The van der Waals surface area contributed by atoms with Crippen molar-refractivity contribution in [1.29, 1.82) is 0 Å². The fourth-order valence-corrected chi connectivity index (χ4v) is 2.74. The van der Waals surface area contributed by atoms with Gasteiger partial charge in [0.15, 0.2) is 0 Å². The van der Waals surface area contributed by atoms with Gasteiger partial charge >= 0.3 is 0 Å². The molecule has 1 rings (SSSR count). The second-order valence-electron chi connectivity index (χ2n) is 1.46. The molecule has 0 aliphatic carbocycles. The number of hydrogen-bond donors (Lipinski definition) is 0. The summed E-state index contributed by atoms with van der Waals surface area (Å²) < 4.78 is 0.369. The van der Waals surface area contributed by atoms with Crippen molar-refractivity contribution >= 4 is 31.4 Å². The molecule has 0 atom stereocenters. The van der Waals surface area contributed by atoms with Gasteiger partial charge in [-0.3, -0.25) is 0 Å². The molecule has 3 heteroatoms. The molecule has 0 unspecified atom stereocenters. The van der Waals surface area contributed by atoms with Crippen molar-refractivity contribution in [3.63, 3.8) is 0 Å². The third kappa shape index (κ3) is 2.00. The molecule has 0 aromatic heterocycles. The van der Waals surface area contributed by atoms with Gasteiger partial charge in [-0.15, -0.1) is 0 Å². The van der Waals surface area contributed by atoms with Crippen LogP contribution in [0.25, 0.3) is 0 Å². The van der Waals surface area contributed by atoms with Crippen LogP contribution >= 0.6 is 23.5 Å². The molecule has 1 heterocycles. The summed E-state index contributed by atoms with van der Waals surface area (Å²) in [5, 5.41) is 0. The lowest BCUT2D eigenvalue weighted by atomic mass is 10.2. The van der Waals surface area contributed by atoms with Gasteiger partial charge < -0.3 is 0 Å². The van der Waals surface area contributed by atoms with E-state index in [0.29, 0.717) is 4.48 Å². The molecule has 0 amide bonds. The minimum atomic E-state index is 0.369. The van der Waals surface area contributed by atoms with Crippen molar-refractivity contribution in [2.45, 2.75) is 10.9 Å². The monoisotopic (exact) mass is 130 g/mol. The molecule has 0 saturated carbocycles. The first-order chi connectivity index (χ1) is 3.39. The first-order valence-electron chi connectivity index (χ1n) is 2.38. The van der Waals surface area contributed by atoms with E-state index in [1.165, 1.54) is 17.9 Å². The Balaban J connectivity index is 2.12. The topological polar surface area (TPSA) is 0 Å². The summed E-state index contributed by atoms with van der Waals surface area (Å²) in [6, 6.07) is 0. The highest BCUT2D eigenvalue weighted by atomic mass is 32.2. The zero-order chi connectivity index (χ0) is 5.11. The van der Waals surface area contributed by atoms with Crippen molar-refractivity contribution in [1.82, 2.24) is 0 Å². The van der Waals surface area contributed by atoms with E-state index < -0.39 is 0 Å². The first-order valence-corrected chi connectivity index (χ1v) is 4.48. The lowest BCUT2D eigenvalue weighted by Gasteiger charge is -2.15. The third-order valence-corrected chi connectivity index (χ3v) is 3.38. The maximum Gasteiger partial charge on any atom is 0.0995 e. The van der Waals surface area contributed by atoms with Crippen LogP contribution in [0.3, 0.4) is 0 Å². The van der Waals surface area contributed by atoms with Gasteiger partial charge in [-0.2, -0.15) is 23.5 Å². The maximum atomic E-state index is 5.56. The molecule has 1 aliphatic heterocycles. The molecule has 0 bridgehead atoms. The highest BCUT2D eigenvalue weighted by Crippen LogP contribution is 2.27. The second-order valence-corrected chi connectivity index (χ2v) is 4.26. The van der Waals surface area contributed by atoms with E-state index in [9.17, 15) is 0 Å². The number of thioether (sulfide) groups is 2. The lowest BCUT2D eigenvalue weighted by molar-refractivity contribution is 1.12. The molecule has 0 nitrogen and oxygen atoms in total. The Hall–Kier alpha value is 0.765. The Kier molecular flexibility index (Phi) is 2.46. The van der Waals surface area contributed by atoms with Crippen molar-refractivity contribution in [3.8, 4) is 0 Å². The van der Waals surface area contributed by atoms with Gasteiger partial charge in [0.25, 0.3) is 0 Å². The smallest absolute Gasteiger partial charge is 0.0995 e. The molecule has 7 heavy (non-hydrogen) atoms. The van der Waals surface area contributed by atoms with E-state index in [1.807, 2.05) is 23.5 Å². The Morgan fingerprint density at radius 2 is 1.86 bits per heavy atom. The largest absolute Gasteiger partial charge is 0.158 e. The second kappa shape index (κ2) is 2.93. The molecular weight excluding hydrogens is 123 g/mol. The molecule has 0 N–H and O–H groups in total. The highest BCUT2D eigenvalue weighted by Gasteiger charge is 2.06. The average molecular weight is 130 g/mol. The maximum absolute atomic E-state index is 5.56. The van der Waals surface area contributed by atoms with Gasteiger partial charge in [-0.1, -0.05) is 0 Å². The van der Waals surface area contributed by atoms with Crippen LogP contribution in [0.2, 0.25) is 0 Å². The summed E-state index contributed by atoms with van der Waals surface area (Å²) in [6.07, 6.45) is 1.34. The fourth-order valence-electron chi connectivity index (χ4n) is 0.506. The standard InChI is InChI=1S/C4H7BS2/c5-4-6-2-1-3-7-4/h4H,1-3H2. The van der Waals surface area contributed by atoms with Gasteiger partial charge in [0.05, 0.1) is 7.85 Å². The Labute approximate surface area is 54.2 Å². The van der Waals surface area contributed by atoms with Crippen molar-refractivity contribution in [3.05, 3.63) is 0 Å². The quantitative estimate of drug-likeness (QED) is 0.453. The van der Waals surface area contributed by atoms with Crippen molar-refractivity contribution in [2.24, 2.45) is 0 Å². The summed E-state index contributed by atoms with van der Waals surface area (Å²) in [5.41, 5.74) is 0. The van der Waals surface area contributed by atoms with E-state index in [2.05, 4.69) is 0 Å². The minimum Gasteiger partial charge on any atom is -0.158 e. The van der Waals surface area contributed by atoms with Crippen molar-refractivity contribution < 1.29 is 0 Å². The first kappa shape index (κ1) is 5.89. The van der Waals surface area contributed by atoms with E-state index in [-0.39, 0.29) is 0 Å². The van der Waals surface area contributed by atoms with E-state index in [0.717, 1.165) is 0 Å². The van der Waals surface area contributed by atoms with Gasteiger partial charge in [0.1, 0.15) is 0 Å². The van der Waals surface area contributed by atoms with E-state index >= 15 is 0 Å². The van der Waals surface area contributed by atoms with Gasteiger partial charge in [-0.05, 0) is 17.9 Å². The van der Waals surface area contributed by atoms with Crippen LogP contribution < -0.4 is 0 Å². The van der Waals surface area contributed by atoms with Gasteiger partial charge in [0, 0.05) is 4.48 Å². The van der Waals surface area contributed by atoms with E-state index in [1.54, 1.807) is 0 Å². The summed E-state index contributed by atoms with van der Waals surface area (Å²) in [6.45, 7) is 0. The predicted octanol–water partition coefficient (Wildman–Crippen LogP) is 1.31. The van der Waals surface area contributed by atoms with Gasteiger partial charge in [0.2, 0.25) is 0 Å². The third-order valence-electron chi connectivity index (χ3n) is 0.853. The zero-order valence-corrected chi connectivity index (χ0v) is 5.73. The molecule has 2 radical (unpaired) electrons. The molecule has 0 aromatic carbocycles. The number of hydrogen-bond acceptors (Lipinski definition) is 2. The molecule has 1 saturated heterocycles. The highest BCUT2D eigenvalue weighted by molar-refractivity contribution is 8.19. The average Bonchev–Trinajstić information content (AvgIpc) is 1.69. The normalized spacial score (nSPS) is 25.1. The van der Waals surface area contributed by atoms with Gasteiger partial charge in [-0.25, -0.2) is 0 Å². The van der Waals surface area contributed by atoms with Crippen LogP contribution in [-0.4, -0.2) is 23.8 Å². The van der Waals surface area contributed by atoms with Crippen LogP contribution in [-0.2, 0) is 0 Å². The Bertz CT molecular complexity index is 51.7. The zero-order valence-electron chi connectivity index (χ0n) is 4.09. The molecule has 38 valence electrons. The van der Waals surface area contributed by atoms with Crippen LogP contribution in [0.5, 0.6) is 0 Å². The summed E-state index contributed by atoms with van der Waals surface area (Å²) in [7, 11) is 5.56. The van der Waals surface area contributed by atoms with Crippen LogP contribution in [0.15, 0.2) is 0 Å². The predicted molar refractivity (Wildman–Crippen MR) is 39.1 cm³/mol. The summed E-state index contributed by atoms with van der Waals surface area (Å²) in [4.78, 5) is 0. The van der Waals surface area contributed by atoms with Crippen LogP contribution in [0, 0.1) is 0 Å². The number of rotatable bonds is 0. The summed E-state index contributed by atoms with van der Waals surface area (Å²) >= 11 is 3.72. The minimum absolute atomic E-state index is 0.369. The SMILES string of the molecule is [B]C1SCCCS1. The van der Waals surface area contributed by atoms with Crippen LogP contribution in [0.1, 0.15) is 6.42 Å². The molecule has 1 fully saturated rings. The Morgan fingerprint density at radius 1 is 1.29 bits per heavy atom. The molecule has 0 aromatic rings. The lowest BCUT2D eigenvalue weighted by Crippen LogP contribution is -2.04. The molecular formula is C4H7BS2. The van der Waals surface area contributed by atoms with Crippen LogP contribution in [0.4, 0.5) is 0 Å². The fraction of sp³-hybridized carbons (Fsp3) is 1.00. The van der Waals surface area contributed by atoms with E-state index in [4.69, 9.17) is 7.85 Å². The molecule has 1 aliphatic rings. The molecule has 0 spiro atoms.